The number of allylic oxidation sites excluding steroid dienone is 1. The molecule has 1 aliphatic rings. The van der Waals surface area contributed by atoms with E-state index in [1.165, 1.54) is 0 Å². The molecule has 0 saturated heterocycles. The normalized spacial score (nSPS) is 14.5. The molecule has 0 amide bonds. The number of nitrogens with zero attached hydrogens (tertiary/aromatic N) is 2. The number of rotatable bonds is 3. The highest BCUT2D eigenvalue weighted by Gasteiger charge is 2.25. The fourth-order valence-electron chi connectivity index (χ4n) is 4.20. The number of hydrogen-bond donors (Lipinski definition) is 3. The number of aromatic nitrogens is 3. The van der Waals surface area contributed by atoms with Crippen LogP contribution < -0.4 is 16.8 Å². The molecule has 0 aliphatic heterocycles. The van der Waals surface area contributed by atoms with Crippen LogP contribution in [0.5, 0.6) is 0 Å². The molecule has 4 aromatic rings. The molecule has 2 aromatic carbocycles. The third kappa shape index (κ3) is 3.77. The topological polar surface area (TPSA) is 96.7 Å². The summed E-state index contributed by atoms with van der Waals surface area (Å²) in [6, 6.07) is 15.2. The molecule has 8 heteroatoms. The second-order valence-electron chi connectivity index (χ2n) is 7.65. The zero-order chi connectivity index (χ0) is 22.2. The van der Waals surface area contributed by atoms with Crippen LogP contribution in [0.4, 0.5) is 5.95 Å². The van der Waals surface area contributed by atoms with Crippen LogP contribution in [0.2, 0.25) is 10.0 Å². The minimum absolute atomic E-state index is 0.163. The Morgan fingerprint density at radius 1 is 0.969 bits per heavy atom. The van der Waals surface area contributed by atoms with Gasteiger partial charge in [-0.05, 0) is 71.9 Å². The van der Waals surface area contributed by atoms with Crippen molar-refractivity contribution in [3.05, 3.63) is 85.8 Å². The fraction of sp³-hybridized carbons (Fsp3) is 0.125. The number of fused-ring (bicyclic) bond motifs is 2. The van der Waals surface area contributed by atoms with Crippen LogP contribution in [0, 0.1) is 0 Å². The predicted molar refractivity (Wildman–Crippen MR) is 131 cm³/mol. The molecular formula is C24H19Cl2N5O. The maximum atomic E-state index is 13.0. The maximum absolute atomic E-state index is 13.0. The molecule has 4 N–H and O–H groups in total. The van der Waals surface area contributed by atoms with Crippen LogP contribution in [0.1, 0.15) is 29.7 Å². The van der Waals surface area contributed by atoms with Gasteiger partial charge in [0.05, 0.1) is 11.1 Å². The molecule has 1 aliphatic carbocycles. The highest BCUT2D eigenvalue weighted by molar-refractivity contribution is 6.31. The molecule has 0 bridgehead atoms. The molecule has 0 spiro atoms. The number of anilines is 1. The largest absolute Gasteiger partial charge is 0.294 e. The molecule has 6 nitrogen and oxygen atoms in total. The average Bonchev–Trinajstić information content (AvgIpc) is 2.80. The molecule has 0 saturated carbocycles. The van der Waals surface area contributed by atoms with Gasteiger partial charge in [0.25, 0.3) is 5.56 Å². The Balaban J connectivity index is 1.82. The lowest BCUT2D eigenvalue weighted by Gasteiger charge is -2.23. The van der Waals surface area contributed by atoms with E-state index in [0.29, 0.717) is 21.1 Å². The zero-order valence-electron chi connectivity index (χ0n) is 17.0. The SMILES string of the molecule is NNc1nc2nc3c(c(-c4ccc(Cl)cc4)c2c(=O)[nH]1)CCC/C3=C\c1ccc(Cl)cc1. The summed E-state index contributed by atoms with van der Waals surface area (Å²) in [5.41, 5.74) is 8.20. The van der Waals surface area contributed by atoms with E-state index in [0.717, 1.165) is 52.8 Å². The van der Waals surface area contributed by atoms with Gasteiger partial charge in [-0.3, -0.25) is 15.2 Å². The van der Waals surface area contributed by atoms with Crippen LogP contribution in [-0.4, -0.2) is 15.0 Å². The first-order valence-corrected chi connectivity index (χ1v) is 10.9. The van der Waals surface area contributed by atoms with Crippen LogP contribution >= 0.6 is 23.2 Å². The van der Waals surface area contributed by atoms with Gasteiger partial charge < -0.3 is 0 Å². The fourth-order valence-corrected chi connectivity index (χ4v) is 4.45. The van der Waals surface area contributed by atoms with Gasteiger partial charge in [0.15, 0.2) is 5.65 Å². The van der Waals surface area contributed by atoms with E-state index >= 15 is 0 Å². The molecule has 0 fully saturated rings. The molecule has 0 atom stereocenters. The molecule has 2 heterocycles. The summed E-state index contributed by atoms with van der Waals surface area (Å²) < 4.78 is 0. The average molecular weight is 464 g/mol. The van der Waals surface area contributed by atoms with E-state index in [4.69, 9.17) is 34.0 Å². The van der Waals surface area contributed by atoms with Crippen molar-refractivity contribution in [1.29, 1.82) is 0 Å². The minimum Gasteiger partial charge on any atom is -0.294 e. The van der Waals surface area contributed by atoms with Gasteiger partial charge >= 0.3 is 0 Å². The van der Waals surface area contributed by atoms with Crippen molar-refractivity contribution in [2.24, 2.45) is 5.84 Å². The lowest BCUT2D eigenvalue weighted by molar-refractivity contribution is 0.815. The number of hydrogen-bond acceptors (Lipinski definition) is 5. The second kappa shape index (κ2) is 8.39. The van der Waals surface area contributed by atoms with E-state index in [9.17, 15) is 4.79 Å². The van der Waals surface area contributed by atoms with E-state index in [1.807, 2.05) is 48.5 Å². The van der Waals surface area contributed by atoms with Gasteiger partial charge in [-0.15, -0.1) is 0 Å². The Morgan fingerprint density at radius 2 is 1.66 bits per heavy atom. The lowest BCUT2D eigenvalue weighted by atomic mass is 9.84. The summed E-state index contributed by atoms with van der Waals surface area (Å²) in [5, 5.41) is 1.76. The van der Waals surface area contributed by atoms with Gasteiger partial charge in [-0.1, -0.05) is 47.5 Å². The van der Waals surface area contributed by atoms with Gasteiger partial charge in [0.2, 0.25) is 5.95 Å². The van der Waals surface area contributed by atoms with Crippen molar-refractivity contribution < 1.29 is 0 Å². The molecule has 0 radical (unpaired) electrons. The predicted octanol–water partition coefficient (Wildman–Crippen LogP) is 5.45. The van der Waals surface area contributed by atoms with Crippen molar-refractivity contribution in [2.45, 2.75) is 19.3 Å². The van der Waals surface area contributed by atoms with Crippen molar-refractivity contribution in [3.63, 3.8) is 0 Å². The van der Waals surface area contributed by atoms with Crippen molar-refractivity contribution >= 4 is 51.8 Å². The molecule has 0 unspecified atom stereocenters. The molecular weight excluding hydrogens is 445 g/mol. The summed E-state index contributed by atoms with van der Waals surface area (Å²) in [7, 11) is 0. The van der Waals surface area contributed by atoms with Crippen LogP contribution in [0.3, 0.4) is 0 Å². The molecule has 32 heavy (non-hydrogen) atoms. The first-order valence-electron chi connectivity index (χ1n) is 10.2. The van der Waals surface area contributed by atoms with Crippen molar-refractivity contribution in [2.75, 3.05) is 5.43 Å². The van der Waals surface area contributed by atoms with Crippen molar-refractivity contribution in [3.8, 4) is 11.1 Å². The summed E-state index contributed by atoms with van der Waals surface area (Å²) in [4.78, 5) is 25.0. The first-order chi connectivity index (χ1) is 15.5. The van der Waals surface area contributed by atoms with Crippen molar-refractivity contribution in [1.82, 2.24) is 15.0 Å². The number of aromatic amines is 1. The van der Waals surface area contributed by atoms with Crippen LogP contribution in [-0.2, 0) is 6.42 Å². The smallest absolute Gasteiger partial charge is 0.262 e. The summed E-state index contributed by atoms with van der Waals surface area (Å²) >= 11 is 12.2. The van der Waals surface area contributed by atoms with E-state index < -0.39 is 0 Å². The number of pyridine rings is 1. The van der Waals surface area contributed by atoms with Crippen LogP contribution in [0.25, 0.3) is 33.8 Å². The van der Waals surface area contributed by atoms with Gasteiger partial charge in [-0.25, -0.2) is 10.8 Å². The number of nitrogens with one attached hydrogen (secondary N) is 2. The Morgan fingerprint density at radius 3 is 2.34 bits per heavy atom. The van der Waals surface area contributed by atoms with E-state index in [2.05, 4.69) is 21.5 Å². The molecule has 5 rings (SSSR count). The van der Waals surface area contributed by atoms with Gasteiger partial charge in [0.1, 0.15) is 0 Å². The lowest BCUT2D eigenvalue weighted by Crippen LogP contribution is -2.19. The number of halogens is 2. The quantitative estimate of drug-likeness (QED) is 0.277. The number of nitrogen functional groups attached to an aromatic ring is 1. The Labute approximate surface area is 194 Å². The summed E-state index contributed by atoms with van der Waals surface area (Å²) in [6.45, 7) is 0. The Kier molecular flexibility index (Phi) is 5.43. The highest BCUT2D eigenvalue weighted by Crippen LogP contribution is 2.40. The standard InChI is InChI=1S/C24H19Cl2N5O/c25-16-8-4-13(5-9-16)12-15-2-1-3-18-19(14-6-10-17(26)11-7-14)20-22(28-21(15)18)29-24(31-27)30-23(20)32/h4-12H,1-3,27H2,(H2,28,29,30,31,32)/b15-12+. The second-order valence-corrected chi connectivity index (χ2v) is 8.53. The molecule has 160 valence electrons. The third-order valence-corrected chi connectivity index (χ3v) is 6.12. The summed E-state index contributed by atoms with van der Waals surface area (Å²) in [5.74, 6) is 5.67. The third-order valence-electron chi connectivity index (χ3n) is 5.61. The number of hydrazine groups is 1. The Hall–Kier alpha value is -3.19. The summed E-state index contributed by atoms with van der Waals surface area (Å²) in [6.07, 6.45) is 4.76. The first kappa shape index (κ1) is 20.7. The minimum atomic E-state index is -0.294. The van der Waals surface area contributed by atoms with E-state index in [-0.39, 0.29) is 11.5 Å². The van der Waals surface area contributed by atoms with Crippen LogP contribution in [0.15, 0.2) is 53.3 Å². The monoisotopic (exact) mass is 463 g/mol. The Bertz CT molecular complexity index is 1410. The van der Waals surface area contributed by atoms with Gasteiger partial charge in [0, 0.05) is 15.6 Å². The molecule has 2 aromatic heterocycles. The zero-order valence-corrected chi connectivity index (χ0v) is 18.5. The van der Waals surface area contributed by atoms with Gasteiger partial charge in [-0.2, -0.15) is 4.98 Å². The van der Waals surface area contributed by atoms with E-state index in [1.54, 1.807) is 0 Å². The number of benzene rings is 2. The number of H-pyrrole nitrogens is 1. The highest BCUT2D eigenvalue weighted by atomic mass is 35.5. The maximum Gasteiger partial charge on any atom is 0.262 e. The number of nitrogens with two attached hydrogens (primary N) is 1.